The molecule has 1 saturated heterocycles. The number of anilines is 1. The average Bonchev–Trinajstić information content (AvgIpc) is 3.16. The molecule has 0 unspecified atom stereocenters. The molecule has 4 rings (SSSR count). The van der Waals surface area contributed by atoms with Crippen LogP contribution in [0.5, 0.6) is 5.75 Å². The van der Waals surface area contributed by atoms with Crippen molar-refractivity contribution in [3.8, 4) is 17.0 Å². The maximum atomic E-state index is 12.4. The van der Waals surface area contributed by atoms with Crippen molar-refractivity contribution in [2.45, 2.75) is 12.1 Å². The van der Waals surface area contributed by atoms with Gasteiger partial charge in [0, 0.05) is 25.2 Å². The van der Waals surface area contributed by atoms with E-state index in [4.69, 9.17) is 24.9 Å². The Kier molecular flexibility index (Phi) is 7.46. The minimum absolute atomic E-state index is 0.283. The number of thiophene rings is 1. The maximum absolute atomic E-state index is 12.4. The topological polar surface area (TPSA) is 99.8 Å². The third-order valence-corrected chi connectivity index (χ3v) is 6.73. The molecule has 0 aliphatic carbocycles. The van der Waals surface area contributed by atoms with Gasteiger partial charge in [0.2, 0.25) is 0 Å². The highest BCUT2D eigenvalue weighted by molar-refractivity contribution is 7.98. The molecule has 1 aliphatic heterocycles. The van der Waals surface area contributed by atoms with Gasteiger partial charge in [0.15, 0.2) is 5.16 Å². The zero-order valence-corrected chi connectivity index (χ0v) is 19.8. The van der Waals surface area contributed by atoms with E-state index in [2.05, 4.69) is 9.88 Å². The van der Waals surface area contributed by atoms with E-state index in [1.807, 2.05) is 30.5 Å². The molecule has 0 amide bonds. The number of hydrogen-bond donors (Lipinski definition) is 1. The van der Waals surface area contributed by atoms with E-state index in [0.29, 0.717) is 38.2 Å². The first-order chi connectivity index (χ1) is 15.6. The van der Waals surface area contributed by atoms with Crippen molar-refractivity contribution in [3.63, 3.8) is 0 Å². The van der Waals surface area contributed by atoms with Crippen molar-refractivity contribution >= 4 is 45.0 Å². The number of fused-ring (bicyclic) bond motifs is 1. The molecule has 3 heterocycles. The van der Waals surface area contributed by atoms with Crippen LogP contribution in [0.1, 0.15) is 16.6 Å². The van der Waals surface area contributed by atoms with E-state index < -0.39 is 5.97 Å². The number of ether oxygens (including phenoxy) is 3. The Labute approximate surface area is 195 Å². The standard InChI is InChI=1S/C22H26N4O4S2/c1-3-29-21(27)19-17(23)16-18(24-22(31-2)25-20(16)32-19)14-5-4-6-15(13-14)30-12-9-26-7-10-28-11-8-26/h4-6,13H,3,7-12,23H2,1-2H3. The fraction of sp³-hybridized carbons (Fsp3) is 0.409. The van der Waals surface area contributed by atoms with E-state index in [1.54, 1.807) is 6.92 Å². The molecule has 0 saturated carbocycles. The number of benzene rings is 1. The highest BCUT2D eigenvalue weighted by Crippen LogP contribution is 2.40. The number of morpholine rings is 1. The maximum Gasteiger partial charge on any atom is 0.350 e. The van der Waals surface area contributed by atoms with Crippen molar-refractivity contribution in [2.24, 2.45) is 0 Å². The SMILES string of the molecule is CCOC(=O)c1sc2nc(SC)nc(-c3cccc(OCCN4CCOCC4)c3)c2c1N. The summed E-state index contributed by atoms with van der Waals surface area (Å²) in [5.74, 6) is 0.317. The second kappa shape index (κ2) is 10.5. The van der Waals surface area contributed by atoms with Crippen molar-refractivity contribution in [3.05, 3.63) is 29.1 Å². The van der Waals surface area contributed by atoms with E-state index in [-0.39, 0.29) is 6.61 Å². The molecule has 3 aromatic rings. The zero-order chi connectivity index (χ0) is 22.5. The second-order valence-electron chi connectivity index (χ2n) is 7.13. The Bertz CT molecular complexity index is 1100. The van der Waals surface area contributed by atoms with E-state index >= 15 is 0 Å². The number of nitrogens with zero attached hydrogens (tertiary/aromatic N) is 3. The van der Waals surface area contributed by atoms with Gasteiger partial charge in [-0.05, 0) is 25.3 Å². The number of hydrogen-bond acceptors (Lipinski definition) is 10. The number of nitrogen functional groups attached to an aromatic ring is 1. The normalized spacial score (nSPS) is 14.6. The van der Waals surface area contributed by atoms with Crippen LogP contribution in [0.15, 0.2) is 29.4 Å². The molecule has 1 aromatic carbocycles. The highest BCUT2D eigenvalue weighted by atomic mass is 32.2. The summed E-state index contributed by atoms with van der Waals surface area (Å²) in [6.45, 7) is 6.89. The van der Waals surface area contributed by atoms with E-state index in [9.17, 15) is 4.79 Å². The molecule has 8 nitrogen and oxygen atoms in total. The summed E-state index contributed by atoms with van der Waals surface area (Å²) in [5.41, 5.74) is 8.27. The van der Waals surface area contributed by atoms with Gasteiger partial charge < -0.3 is 19.9 Å². The monoisotopic (exact) mass is 474 g/mol. The summed E-state index contributed by atoms with van der Waals surface area (Å²) < 4.78 is 16.6. The number of carbonyl (C=O) groups is 1. The van der Waals surface area contributed by atoms with Crippen LogP contribution < -0.4 is 10.5 Å². The van der Waals surface area contributed by atoms with Crippen molar-refractivity contribution < 1.29 is 19.0 Å². The quantitative estimate of drug-likeness (QED) is 0.298. The fourth-order valence-corrected chi connectivity index (χ4v) is 4.91. The van der Waals surface area contributed by atoms with Crippen LogP contribution in [0.4, 0.5) is 5.69 Å². The van der Waals surface area contributed by atoms with Crippen LogP contribution in [0.3, 0.4) is 0 Å². The van der Waals surface area contributed by atoms with Gasteiger partial charge in [0.05, 0.1) is 36.6 Å². The minimum Gasteiger partial charge on any atom is -0.492 e. The highest BCUT2D eigenvalue weighted by Gasteiger charge is 2.23. The molecule has 1 fully saturated rings. The Morgan fingerprint density at radius 3 is 2.88 bits per heavy atom. The van der Waals surface area contributed by atoms with Gasteiger partial charge in [-0.2, -0.15) is 0 Å². The molecule has 2 N–H and O–H groups in total. The molecule has 32 heavy (non-hydrogen) atoms. The summed E-state index contributed by atoms with van der Waals surface area (Å²) in [6.07, 6.45) is 1.92. The average molecular weight is 475 g/mol. The number of esters is 1. The van der Waals surface area contributed by atoms with Gasteiger partial charge in [-0.3, -0.25) is 4.90 Å². The summed E-state index contributed by atoms with van der Waals surface area (Å²) in [5, 5.41) is 1.28. The molecule has 1 aliphatic rings. The first-order valence-corrected chi connectivity index (χ1v) is 12.5. The lowest BCUT2D eigenvalue weighted by Gasteiger charge is -2.26. The minimum atomic E-state index is -0.440. The molecule has 0 radical (unpaired) electrons. The van der Waals surface area contributed by atoms with Crippen LogP contribution in [0, 0.1) is 0 Å². The zero-order valence-electron chi connectivity index (χ0n) is 18.1. The summed E-state index contributed by atoms with van der Waals surface area (Å²) >= 11 is 2.67. The number of rotatable bonds is 8. The Morgan fingerprint density at radius 2 is 2.12 bits per heavy atom. The molecule has 0 bridgehead atoms. The van der Waals surface area contributed by atoms with Crippen LogP contribution >= 0.6 is 23.1 Å². The summed E-state index contributed by atoms with van der Waals surface area (Å²) in [6, 6.07) is 7.77. The molecular formula is C22H26N4O4S2. The molecular weight excluding hydrogens is 448 g/mol. The lowest BCUT2D eigenvalue weighted by Crippen LogP contribution is -2.38. The number of nitrogens with two attached hydrogens (primary N) is 1. The van der Waals surface area contributed by atoms with E-state index in [0.717, 1.165) is 44.2 Å². The van der Waals surface area contributed by atoms with Gasteiger partial charge >= 0.3 is 5.97 Å². The number of carbonyl (C=O) groups excluding carboxylic acids is 1. The molecule has 170 valence electrons. The van der Waals surface area contributed by atoms with Crippen molar-refractivity contribution in [1.82, 2.24) is 14.9 Å². The fourth-order valence-electron chi connectivity index (χ4n) is 3.50. The van der Waals surface area contributed by atoms with Gasteiger partial charge in [0.1, 0.15) is 22.1 Å². The van der Waals surface area contributed by atoms with Gasteiger partial charge in [0.25, 0.3) is 0 Å². The summed E-state index contributed by atoms with van der Waals surface area (Å²) in [7, 11) is 0. The van der Waals surface area contributed by atoms with Crippen molar-refractivity contribution in [2.75, 3.05) is 58.1 Å². The predicted molar refractivity (Wildman–Crippen MR) is 128 cm³/mol. The lowest BCUT2D eigenvalue weighted by atomic mass is 10.1. The summed E-state index contributed by atoms with van der Waals surface area (Å²) in [4.78, 5) is 25.0. The number of thioether (sulfide) groups is 1. The van der Waals surface area contributed by atoms with Crippen LogP contribution in [-0.4, -0.2) is 73.2 Å². The lowest BCUT2D eigenvalue weighted by molar-refractivity contribution is 0.0322. The number of aromatic nitrogens is 2. The van der Waals surface area contributed by atoms with E-state index in [1.165, 1.54) is 23.1 Å². The van der Waals surface area contributed by atoms with Gasteiger partial charge in [-0.25, -0.2) is 14.8 Å². The Morgan fingerprint density at radius 1 is 1.31 bits per heavy atom. The van der Waals surface area contributed by atoms with Crippen LogP contribution in [0.2, 0.25) is 0 Å². The molecule has 0 atom stereocenters. The first kappa shape index (κ1) is 22.8. The molecule has 10 heteroatoms. The largest absolute Gasteiger partial charge is 0.492 e. The van der Waals surface area contributed by atoms with Crippen molar-refractivity contribution in [1.29, 1.82) is 0 Å². The predicted octanol–water partition coefficient (Wildman–Crippen LogP) is 3.55. The second-order valence-corrected chi connectivity index (χ2v) is 8.91. The van der Waals surface area contributed by atoms with Crippen LogP contribution in [0.25, 0.3) is 21.5 Å². The Hall–Kier alpha value is -2.40. The van der Waals surface area contributed by atoms with Gasteiger partial charge in [-0.15, -0.1) is 11.3 Å². The third kappa shape index (κ3) is 4.98. The first-order valence-electron chi connectivity index (χ1n) is 10.4. The smallest absolute Gasteiger partial charge is 0.350 e. The van der Waals surface area contributed by atoms with Gasteiger partial charge in [-0.1, -0.05) is 23.9 Å². The third-order valence-electron chi connectivity index (χ3n) is 5.10. The Balaban J connectivity index is 1.63. The molecule has 0 spiro atoms. The van der Waals surface area contributed by atoms with Crippen LogP contribution in [-0.2, 0) is 9.47 Å². The molecule has 2 aromatic heterocycles.